The molecule has 0 aliphatic carbocycles. The van der Waals surface area contributed by atoms with Gasteiger partial charge in [0.2, 0.25) is 0 Å². The number of benzene rings is 1. The fraction of sp³-hybridized carbons (Fsp3) is 0.278. The second-order valence-corrected chi connectivity index (χ2v) is 5.94. The number of fused-ring (bicyclic) bond motifs is 3. The van der Waals surface area contributed by atoms with Gasteiger partial charge in [-0.3, -0.25) is 4.57 Å². The topological polar surface area (TPSA) is 43.6 Å². The number of pyridine rings is 1. The van der Waals surface area contributed by atoms with Gasteiger partial charge in [0.05, 0.1) is 5.69 Å². The van der Waals surface area contributed by atoms with Crippen molar-refractivity contribution < 1.29 is 0 Å². The van der Waals surface area contributed by atoms with E-state index in [2.05, 4.69) is 50.9 Å². The fourth-order valence-corrected chi connectivity index (χ4v) is 3.17. The lowest BCUT2D eigenvalue weighted by Crippen LogP contribution is -2.04. The molecule has 22 heavy (non-hydrogen) atoms. The van der Waals surface area contributed by atoms with Gasteiger partial charge in [-0.2, -0.15) is 0 Å². The molecule has 1 aliphatic rings. The van der Waals surface area contributed by atoms with Crippen molar-refractivity contribution in [3.63, 3.8) is 0 Å². The molecule has 1 unspecified atom stereocenters. The van der Waals surface area contributed by atoms with Crippen LogP contribution in [-0.2, 0) is 6.42 Å². The highest BCUT2D eigenvalue weighted by Crippen LogP contribution is 2.33. The molecule has 4 nitrogen and oxygen atoms in total. The normalized spacial score (nSPS) is 16.7. The molecular weight excluding hydrogens is 272 g/mol. The summed E-state index contributed by atoms with van der Waals surface area (Å²) < 4.78 is 2.18. The van der Waals surface area contributed by atoms with E-state index in [0.29, 0.717) is 5.92 Å². The second-order valence-electron chi connectivity index (χ2n) is 5.94. The van der Waals surface area contributed by atoms with Crippen LogP contribution in [0.1, 0.15) is 36.3 Å². The molecule has 0 N–H and O–H groups in total. The molecule has 110 valence electrons. The smallest absolute Gasteiger partial charge is 0.187 e. The number of aromatic nitrogens is 4. The molecule has 0 amide bonds. The minimum atomic E-state index is 0.524. The summed E-state index contributed by atoms with van der Waals surface area (Å²) in [5, 5.41) is 8.85. The quantitative estimate of drug-likeness (QED) is 0.686. The monoisotopic (exact) mass is 290 g/mol. The predicted molar refractivity (Wildman–Crippen MR) is 86.1 cm³/mol. The van der Waals surface area contributed by atoms with E-state index < -0.39 is 0 Å². The Labute approximate surface area is 129 Å². The third-order valence-electron chi connectivity index (χ3n) is 4.36. The molecule has 3 aromatic rings. The lowest BCUT2D eigenvalue weighted by molar-refractivity contribution is 0.674. The van der Waals surface area contributed by atoms with Crippen molar-refractivity contribution in [3.8, 4) is 17.2 Å². The van der Waals surface area contributed by atoms with Crippen LogP contribution in [0.5, 0.6) is 0 Å². The molecule has 0 saturated carbocycles. The molecule has 0 bridgehead atoms. The summed E-state index contributed by atoms with van der Waals surface area (Å²) in [7, 11) is 0. The van der Waals surface area contributed by atoms with Gasteiger partial charge in [0.1, 0.15) is 11.5 Å². The molecule has 3 heterocycles. The number of nitrogens with zero attached hydrogens (tertiary/aromatic N) is 4. The fourth-order valence-electron chi connectivity index (χ4n) is 3.17. The zero-order chi connectivity index (χ0) is 15.1. The van der Waals surface area contributed by atoms with Gasteiger partial charge in [-0.25, -0.2) is 4.98 Å². The molecule has 1 aromatic carbocycles. The van der Waals surface area contributed by atoms with Gasteiger partial charge in [-0.05, 0) is 43.0 Å². The maximum absolute atomic E-state index is 4.62. The van der Waals surface area contributed by atoms with E-state index in [1.54, 1.807) is 0 Å². The van der Waals surface area contributed by atoms with Gasteiger partial charge >= 0.3 is 0 Å². The van der Waals surface area contributed by atoms with Crippen molar-refractivity contribution in [3.05, 3.63) is 59.5 Å². The molecule has 0 saturated heterocycles. The van der Waals surface area contributed by atoms with Crippen molar-refractivity contribution >= 4 is 0 Å². The van der Waals surface area contributed by atoms with E-state index >= 15 is 0 Å². The summed E-state index contributed by atoms with van der Waals surface area (Å²) in [5.74, 6) is 2.38. The first-order chi connectivity index (χ1) is 10.7. The molecule has 0 fully saturated rings. The minimum absolute atomic E-state index is 0.524. The van der Waals surface area contributed by atoms with Crippen molar-refractivity contribution in [2.24, 2.45) is 0 Å². The van der Waals surface area contributed by atoms with Gasteiger partial charge in [-0.15, -0.1) is 10.2 Å². The Kier molecular flexibility index (Phi) is 3.03. The lowest BCUT2D eigenvalue weighted by atomic mass is 9.96. The van der Waals surface area contributed by atoms with Gasteiger partial charge in [0, 0.05) is 12.1 Å². The van der Waals surface area contributed by atoms with Crippen molar-refractivity contribution in [1.29, 1.82) is 0 Å². The summed E-state index contributed by atoms with van der Waals surface area (Å²) in [6.45, 7) is 4.28. The summed E-state index contributed by atoms with van der Waals surface area (Å²) in [6, 6.07) is 14.6. The first-order valence-corrected chi connectivity index (χ1v) is 7.71. The highest BCUT2D eigenvalue weighted by Gasteiger charge is 2.24. The van der Waals surface area contributed by atoms with E-state index in [4.69, 9.17) is 0 Å². The molecular formula is C18H18N4. The highest BCUT2D eigenvalue weighted by atomic mass is 15.3. The Balaban J connectivity index is 1.98. The lowest BCUT2D eigenvalue weighted by Gasteiger charge is -2.14. The van der Waals surface area contributed by atoms with Crippen LogP contribution < -0.4 is 0 Å². The molecule has 2 aromatic heterocycles. The van der Waals surface area contributed by atoms with Crippen LogP contribution in [-0.4, -0.2) is 19.7 Å². The van der Waals surface area contributed by atoms with Crippen LogP contribution >= 0.6 is 0 Å². The minimum Gasteiger partial charge on any atom is -0.277 e. The van der Waals surface area contributed by atoms with Crippen LogP contribution in [0.15, 0.2) is 42.5 Å². The largest absolute Gasteiger partial charge is 0.277 e. The van der Waals surface area contributed by atoms with Crippen LogP contribution in [0.3, 0.4) is 0 Å². The van der Waals surface area contributed by atoms with Crippen LogP contribution in [0.25, 0.3) is 17.2 Å². The summed E-state index contributed by atoms with van der Waals surface area (Å²) in [5.41, 5.74) is 4.41. The van der Waals surface area contributed by atoms with Crippen molar-refractivity contribution in [1.82, 2.24) is 19.7 Å². The summed E-state index contributed by atoms with van der Waals surface area (Å²) in [6.07, 6.45) is 2.03. The van der Waals surface area contributed by atoms with E-state index in [1.165, 1.54) is 11.3 Å². The molecule has 0 spiro atoms. The van der Waals surface area contributed by atoms with Gasteiger partial charge < -0.3 is 0 Å². The van der Waals surface area contributed by atoms with Crippen LogP contribution in [0.2, 0.25) is 0 Å². The van der Waals surface area contributed by atoms with Gasteiger partial charge in [0.25, 0.3) is 0 Å². The zero-order valence-corrected chi connectivity index (χ0v) is 12.8. The maximum atomic E-state index is 4.62. The number of hydrogen-bond acceptors (Lipinski definition) is 3. The van der Waals surface area contributed by atoms with Crippen molar-refractivity contribution in [2.45, 2.75) is 32.6 Å². The van der Waals surface area contributed by atoms with E-state index in [-0.39, 0.29) is 0 Å². The summed E-state index contributed by atoms with van der Waals surface area (Å²) >= 11 is 0. The zero-order valence-electron chi connectivity index (χ0n) is 12.8. The molecule has 4 rings (SSSR count). The number of para-hydroxylation sites is 1. The Morgan fingerprint density at radius 1 is 1.05 bits per heavy atom. The van der Waals surface area contributed by atoms with E-state index in [0.717, 1.165) is 35.9 Å². The Hall–Kier alpha value is -2.49. The first-order valence-electron chi connectivity index (χ1n) is 7.71. The summed E-state index contributed by atoms with van der Waals surface area (Å²) in [4.78, 5) is 4.62. The second kappa shape index (κ2) is 5.05. The molecule has 1 atom stereocenters. The average Bonchev–Trinajstić information content (AvgIpc) is 2.90. The SMILES string of the molecule is Cc1cccc(-c2nnc3n2-c2ccccc2C(C)CC3)n1. The number of aryl methyl sites for hydroxylation is 2. The van der Waals surface area contributed by atoms with Crippen molar-refractivity contribution in [2.75, 3.05) is 0 Å². The Bertz CT molecular complexity index is 835. The Morgan fingerprint density at radius 2 is 1.91 bits per heavy atom. The molecule has 1 aliphatic heterocycles. The van der Waals surface area contributed by atoms with Gasteiger partial charge in [0.15, 0.2) is 5.82 Å². The van der Waals surface area contributed by atoms with Gasteiger partial charge in [-0.1, -0.05) is 31.2 Å². The molecule has 4 heteroatoms. The maximum Gasteiger partial charge on any atom is 0.187 e. The van der Waals surface area contributed by atoms with Crippen LogP contribution in [0.4, 0.5) is 0 Å². The standard InChI is InChI=1S/C18H18N4/c1-12-10-11-17-20-21-18(15-8-5-6-13(2)19-15)22(17)16-9-4-3-7-14(12)16/h3-9,12H,10-11H2,1-2H3. The van der Waals surface area contributed by atoms with E-state index in [9.17, 15) is 0 Å². The number of hydrogen-bond donors (Lipinski definition) is 0. The van der Waals surface area contributed by atoms with E-state index in [1.807, 2.05) is 25.1 Å². The van der Waals surface area contributed by atoms with Crippen LogP contribution in [0, 0.1) is 6.92 Å². The molecule has 0 radical (unpaired) electrons. The average molecular weight is 290 g/mol. The highest BCUT2D eigenvalue weighted by molar-refractivity contribution is 5.57. The third-order valence-corrected chi connectivity index (χ3v) is 4.36. The first kappa shape index (κ1) is 13.2. The number of rotatable bonds is 1. The predicted octanol–water partition coefficient (Wildman–Crippen LogP) is 3.69. The Morgan fingerprint density at radius 3 is 2.77 bits per heavy atom. The third kappa shape index (κ3) is 2.03.